The number of anilines is 1. The first kappa shape index (κ1) is 26.7. The van der Waals surface area contributed by atoms with Gasteiger partial charge in [-0.25, -0.2) is 0 Å². The topological polar surface area (TPSA) is 32.3 Å². The lowest BCUT2D eigenvalue weighted by Gasteiger charge is -2.31. The van der Waals surface area contributed by atoms with Crippen LogP contribution in [0.2, 0.25) is 0 Å². The molecule has 5 aromatic carbocycles. The SMILES string of the molecule is CC.CC(c1cccc2ccccc12)N(Cc1ccccc1)C(=O)c1ccc(NCc2ccccc2)cc1. The molecule has 1 atom stereocenters. The second kappa shape index (κ2) is 13.3. The molecule has 0 aliphatic heterocycles. The van der Waals surface area contributed by atoms with E-state index in [1.165, 1.54) is 16.3 Å². The molecule has 0 aliphatic carbocycles. The van der Waals surface area contributed by atoms with Crippen LogP contribution in [0.3, 0.4) is 0 Å². The van der Waals surface area contributed by atoms with Crippen LogP contribution in [0, 0.1) is 0 Å². The van der Waals surface area contributed by atoms with E-state index in [2.05, 4.69) is 79.0 Å². The number of rotatable bonds is 8. The van der Waals surface area contributed by atoms with Crippen molar-refractivity contribution in [1.82, 2.24) is 4.90 Å². The standard InChI is InChI=1S/C33H30N2O.C2H6/c1-25(31-18-10-16-28-15-8-9-17-32(28)31)35(24-27-13-6-3-7-14-27)33(36)29-19-21-30(22-20-29)34-23-26-11-4-2-5-12-26;1-2/h2-22,25,34H,23-24H2,1H3;1-2H3. The van der Waals surface area contributed by atoms with Crippen LogP contribution >= 0.6 is 0 Å². The lowest BCUT2D eigenvalue weighted by Crippen LogP contribution is -2.33. The lowest BCUT2D eigenvalue weighted by molar-refractivity contribution is 0.0675. The minimum Gasteiger partial charge on any atom is -0.381 e. The summed E-state index contributed by atoms with van der Waals surface area (Å²) < 4.78 is 0. The molecule has 1 N–H and O–H groups in total. The van der Waals surface area contributed by atoms with Crippen molar-refractivity contribution in [2.24, 2.45) is 0 Å². The molecule has 0 spiro atoms. The summed E-state index contributed by atoms with van der Waals surface area (Å²) in [6.07, 6.45) is 0. The van der Waals surface area contributed by atoms with E-state index in [-0.39, 0.29) is 11.9 Å². The Labute approximate surface area is 226 Å². The molecule has 0 saturated heterocycles. The maximum atomic E-state index is 13.9. The molecule has 0 bridgehead atoms. The van der Waals surface area contributed by atoms with Crippen LogP contribution in [-0.4, -0.2) is 10.8 Å². The van der Waals surface area contributed by atoms with Gasteiger partial charge in [-0.05, 0) is 58.7 Å². The number of nitrogens with one attached hydrogen (secondary N) is 1. The average molecular weight is 501 g/mol. The third kappa shape index (κ3) is 6.49. The molecule has 0 fully saturated rings. The van der Waals surface area contributed by atoms with Crippen molar-refractivity contribution < 1.29 is 4.79 Å². The van der Waals surface area contributed by atoms with Gasteiger partial charge in [-0.1, -0.05) is 117 Å². The number of hydrogen-bond acceptors (Lipinski definition) is 2. The van der Waals surface area contributed by atoms with E-state index in [9.17, 15) is 4.79 Å². The molecule has 5 aromatic rings. The van der Waals surface area contributed by atoms with E-state index in [0.29, 0.717) is 12.1 Å². The van der Waals surface area contributed by atoms with Gasteiger partial charge < -0.3 is 10.2 Å². The van der Waals surface area contributed by atoms with Crippen LogP contribution in [0.4, 0.5) is 5.69 Å². The molecule has 1 amide bonds. The van der Waals surface area contributed by atoms with Crippen molar-refractivity contribution in [3.63, 3.8) is 0 Å². The van der Waals surface area contributed by atoms with Gasteiger partial charge in [0.25, 0.3) is 5.91 Å². The molecule has 0 saturated carbocycles. The summed E-state index contributed by atoms with van der Waals surface area (Å²) in [6.45, 7) is 7.41. The maximum absolute atomic E-state index is 13.9. The number of hydrogen-bond donors (Lipinski definition) is 1. The number of amides is 1. The minimum atomic E-state index is -0.0975. The average Bonchev–Trinajstić information content (AvgIpc) is 3.00. The van der Waals surface area contributed by atoms with Crippen molar-refractivity contribution in [2.45, 2.75) is 39.9 Å². The monoisotopic (exact) mass is 500 g/mol. The Hall–Kier alpha value is -4.37. The summed E-state index contributed by atoms with van der Waals surface area (Å²) in [7, 11) is 0. The maximum Gasteiger partial charge on any atom is 0.254 e. The fourth-order valence-corrected chi connectivity index (χ4v) is 4.64. The highest BCUT2D eigenvalue weighted by Crippen LogP contribution is 2.30. The van der Waals surface area contributed by atoms with Crippen molar-refractivity contribution in [3.8, 4) is 0 Å². The zero-order chi connectivity index (χ0) is 26.7. The van der Waals surface area contributed by atoms with Gasteiger partial charge in [0.2, 0.25) is 0 Å². The first-order chi connectivity index (χ1) is 18.7. The first-order valence-electron chi connectivity index (χ1n) is 13.4. The molecule has 0 heterocycles. The van der Waals surface area contributed by atoms with Gasteiger partial charge in [0.1, 0.15) is 0 Å². The van der Waals surface area contributed by atoms with Crippen LogP contribution in [0.25, 0.3) is 10.8 Å². The summed E-state index contributed by atoms with van der Waals surface area (Å²) in [5, 5.41) is 5.80. The summed E-state index contributed by atoms with van der Waals surface area (Å²) in [5.41, 5.74) is 5.16. The summed E-state index contributed by atoms with van der Waals surface area (Å²) in [4.78, 5) is 15.9. The molecule has 38 heavy (non-hydrogen) atoms. The highest BCUT2D eigenvalue weighted by atomic mass is 16.2. The van der Waals surface area contributed by atoms with E-state index >= 15 is 0 Å². The number of fused-ring (bicyclic) bond motifs is 1. The third-order valence-electron chi connectivity index (χ3n) is 6.67. The van der Waals surface area contributed by atoms with Crippen LogP contribution in [-0.2, 0) is 13.1 Å². The Morgan fingerprint density at radius 2 is 1.26 bits per heavy atom. The van der Waals surface area contributed by atoms with Crippen LogP contribution < -0.4 is 5.32 Å². The van der Waals surface area contributed by atoms with Crippen molar-refractivity contribution in [3.05, 3.63) is 150 Å². The van der Waals surface area contributed by atoms with E-state index < -0.39 is 0 Å². The van der Waals surface area contributed by atoms with Gasteiger partial charge in [0.05, 0.1) is 6.04 Å². The molecular weight excluding hydrogens is 464 g/mol. The lowest BCUT2D eigenvalue weighted by atomic mass is 9.97. The molecule has 5 rings (SSSR count). The highest BCUT2D eigenvalue weighted by Gasteiger charge is 2.24. The van der Waals surface area contributed by atoms with Gasteiger partial charge in [0, 0.05) is 24.3 Å². The predicted molar refractivity (Wildman–Crippen MR) is 160 cm³/mol. The Morgan fingerprint density at radius 3 is 1.95 bits per heavy atom. The largest absolute Gasteiger partial charge is 0.381 e. The van der Waals surface area contributed by atoms with Gasteiger partial charge in [0.15, 0.2) is 0 Å². The molecule has 3 heteroatoms. The van der Waals surface area contributed by atoms with Crippen molar-refractivity contribution in [1.29, 1.82) is 0 Å². The van der Waals surface area contributed by atoms with Gasteiger partial charge in [-0.2, -0.15) is 0 Å². The second-order valence-corrected chi connectivity index (χ2v) is 9.08. The van der Waals surface area contributed by atoms with E-state index in [0.717, 1.165) is 23.4 Å². The van der Waals surface area contributed by atoms with Gasteiger partial charge >= 0.3 is 0 Å². The van der Waals surface area contributed by atoms with E-state index in [4.69, 9.17) is 0 Å². The predicted octanol–water partition coefficient (Wildman–Crippen LogP) is 8.88. The molecule has 0 aromatic heterocycles. The van der Waals surface area contributed by atoms with Crippen LogP contribution in [0.1, 0.15) is 53.9 Å². The molecule has 192 valence electrons. The fourth-order valence-electron chi connectivity index (χ4n) is 4.64. The number of nitrogens with zero attached hydrogens (tertiary/aromatic N) is 1. The first-order valence-corrected chi connectivity index (χ1v) is 13.4. The molecule has 0 aliphatic rings. The minimum absolute atomic E-state index is 0.0221. The number of carbonyl (C=O) groups excluding carboxylic acids is 1. The Morgan fingerprint density at radius 1 is 0.684 bits per heavy atom. The summed E-state index contributed by atoms with van der Waals surface area (Å²) in [5.74, 6) is 0.0221. The number of benzene rings is 5. The Bertz CT molecular complexity index is 1420. The smallest absolute Gasteiger partial charge is 0.254 e. The summed E-state index contributed by atoms with van der Waals surface area (Å²) >= 11 is 0. The normalized spacial score (nSPS) is 11.2. The van der Waals surface area contributed by atoms with E-state index in [1.807, 2.05) is 79.4 Å². The third-order valence-corrected chi connectivity index (χ3v) is 6.67. The molecular formula is C35H36N2O. The van der Waals surface area contributed by atoms with Crippen LogP contribution in [0.15, 0.2) is 127 Å². The Kier molecular flexibility index (Phi) is 9.31. The van der Waals surface area contributed by atoms with Crippen molar-refractivity contribution in [2.75, 3.05) is 5.32 Å². The second-order valence-electron chi connectivity index (χ2n) is 9.08. The van der Waals surface area contributed by atoms with Crippen LogP contribution in [0.5, 0.6) is 0 Å². The van der Waals surface area contributed by atoms with Crippen molar-refractivity contribution >= 4 is 22.4 Å². The zero-order valence-corrected chi connectivity index (χ0v) is 22.5. The highest BCUT2D eigenvalue weighted by molar-refractivity contribution is 5.95. The molecule has 1 unspecified atom stereocenters. The summed E-state index contributed by atoms with van der Waals surface area (Å²) in [6, 6.07) is 42.9. The fraction of sp³-hybridized carbons (Fsp3) is 0.171. The van der Waals surface area contributed by atoms with Gasteiger partial charge in [-0.15, -0.1) is 0 Å². The quantitative estimate of drug-likeness (QED) is 0.231. The van der Waals surface area contributed by atoms with Gasteiger partial charge in [-0.3, -0.25) is 4.79 Å². The Balaban J connectivity index is 0.00000164. The zero-order valence-electron chi connectivity index (χ0n) is 22.5. The molecule has 0 radical (unpaired) electrons. The number of carbonyl (C=O) groups is 1. The van der Waals surface area contributed by atoms with E-state index in [1.54, 1.807) is 0 Å². The molecule has 3 nitrogen and oxygen atoms in total.